The zero-order chi connectivity index (χ0) is 15.0. The molecule has 0 fully saturated rings. The van der Waals surface area contributed by atoms with Crippen LogP contribution in [0.2, 0.25) is 0 Å². The van der Waals surface area contributed by atoms with Crippen LogP contribution in [-0.4, -0.2) is 13.0 Å². The molecule has 0 aliphatic rings. The molecule has 1 heterocycles. The lowest BCUT2D eigenvalue weighted by Gasteiger charge is -2.08. The molecule has 0 saturated heterocycles. The normalized spacial score (nSPS) is 11.9. The van der Waals surface area contributed by atoms with Gasteiger partial charge in [0.25, 0.3) is 0 Å². The van der Waals surface area contributed by atoms with E-state index in [0.717, 1.165) is 11.1 Å². The van der Waals surface area contributed by atoms with Crippen molar-refractivity contribution in [3.63, 3.8) is 0 Å². The highest BCUT2D eigenvalue weighted by Gasteiger charge is 2.21. The minimum Gasteiger partial charge on any atom is -0.339 e. The number of hydrogen-bond donors (Lipinski definition) is 1. The van der Waals surface area contributed by atoms with Gasteiger partial charge in [-0.3, -0.25) is 0 Å². The highest BCUT2D eigenvalue weighted by Crippen LogP contribution is 2.29. The molecule has 108 valence electrons. The first-order valence-electron chi connectivity index (χ1n) is 6.63. The molecule has 2 aromatic carbocycles. The molecule has 0 bridgehead atoms. The third-order valence-corrected chi connectivity index (χ3v) is 4.73. The fourth-order valence-electron chi connectivity index (χ4n) is 2.73. The second kappa shape index (κ2) is 5.02. The van der Waals surface area contributed by atoms with Crippen LogP contribution in [0.1, 0.15) is 11.3 Å². The van der Waals surface area contributed by atoms with Crippen molar-refractivity contribution in [2.75, 3.05) is 0 Å². The third kappa shape index (κ3) is 2.46. The number of fused-ring (bicyclic) bond motifs is 1. The van der Waals surface area contributed by atoms with Gasteiger partial charge in [-0.05, 0) is 18.6 Å². The first-order valence-corrected chi connectivity index (χ1v) is 8.17. The van der Waals surface area contributed by atoms with E-state index in [1.165, 1.54) is 0 Å². The summed E-state index contributed by atoms with van der Waals surface area (Å²) in [5.74, 6) is 0. The number of para-hydroxylation sites is 1. The Kier molecular flexibility index (Phi) is 3.31. The Morgan fingerprint density at radius 2 is 1.62 bits per heavy atom. The molecule has 0 aliphatic heterocycles. The maximum Gasteiger partial charge on any atom is 0.240 e. The summed E-state index contributed by atoms with van der Waals surface area (Å²) in [6.45, 7) is 2.41. The third-order valence-electron chi connectivity index (χ3n) is 3.64. The molecule has 3 rings (SSSR count). The number of primary sulfonamides is 1. The number of rotatable bonds is 3. The van der Waals surface area contributed by atoms with E-state index in [2.05, 4.69) is 0 Å². The molecule has 3 aromatic rings. The number of benzene rings is 2. The van der Waals surface area contributed by atoms with Crippen molar-refractivity contribution in [3.05, 3.63) is 65.9 Å². The average molecular weight is 300 g/mol. The van der Waals surface area contributed by atoms with Crippen LogP contribution in [0.25, 0.3) is 10.9 Å². The topological polar surface area (TPSA) is 65.1 Å². The molecule has 0 spiro atoms. The molecule has 4 nitrogen and oxygen atoms in total. The number of nitrogens with zero attached hydrogens (tertiary/aromatic N) is 1. The Balaban J connectivity index is 2.26. The summed E-state index contributed by atoms with van der Waals surface area (Å²) >= 11 is 0. The van der Waals surface area contributed by atoms with E-state index >= 15 is 0 Å². The Labute approximate surface area is 123 Å². The summed E-state index contributed by atoms with van der Waals surface area (Å²) in [4.78, 5) is 0.217. The summed E-state index contributed by atoms with van der Waals surface area (Å²) < 4.78 is 25.8. The zero-order valence-corrected chi connectivity index (χ0v) is 12.5. The van der Waals surface area contributed by atoms with Crippen LogP contribution >= 0.6 is 0 Å². The molecule has 0 radical (unpaired) electrons. The fraction of sp³-hybridized carbons (Fsp3) is 0.125. The molecule has 0 aliphatic carbocycles. The molecule has 1 aromatic heterocycles. The lowest BCUT2D eigenvalue weighted by Crippen LogP contribution is -2.14. The van der Waals surface area contributed by atoms with Gasteiger partial charge < -0.3 is 4.57 Å². The van der Waals surface area contributed by atoms with E-state index in [4.69, 9.17) is 5.14 Å². The van der Waals surface area contributed by atoms with Gasteiger partial charge in [0.1, 0.15) is 4.90 Å². The first-order chi connectivity index (χ1) is 9.98. The number of nitrogens with two attached hydrogens (primary N) is 1. The van der Waals surface area contributed by atoms with Gasteiger partial charge in [-0.1, -0.05) is 48.5 Å². The van der Waals surface area contributed by atoms with E-state index in [-0.39, 0.29) is 4.90 Å². The standard InChI is InChI=1S/C16H16N2O2S/c1-12-16(21(17,19)20)14-9-5-6-10-15(14)18(12)11-13-7-3-2-4-8-13/h2-10H,11H2,1H3,(H2,17,19,20). The van der Waals surface area contributed by atoms with E-state index in [1.807, 2.05) is 53.1 Å². The Morgan fingerprint density at radius 1 is 1.00 bits per heavy atom. The van der Waals surface area contributed by atoms with Gasteiger partial charge in [0.15, 0.2) is 0 Å². The molecule has 0 saturated carbocycles. The molecule has 2 N–H and O–H groups in total. The Bertz CT molecular complexity index is 897. The molecule has 5 heteroatoms. The molecule has 21 heavy (non-hydrogen) atoms. The number of sulfonamides is 1. The van der Waals surface area contributed by atoms with Crippen LogP contribution in [0, 0.1) is 6.92 Å². The van der Waals surface area contributed by atoms with Gasteiger partial charge in [0.05, 0.1) is 0 Å². The van der Waals surface area contributed by atoms with Gasteiger partial charge in [-0.2, -0.15) is 0 Å². The Hall–Kier alpha value is -2.11. The van der Waals surface area contributed by atoms with Crippen LogP contribution in [0.3, 0.4) is 0 Å². The van der Waals surface area contributed by atoms with Crippen molar-refractivity contribution in [3.8, 4) is 0 Å². The minimum atomic E-state index is -3.75. The van der Waals surface area contributed by atoms with Gasteiger partial charge in [0.2, 0.25) is 10.0 Å². The van der Waals surface area contributed by atoms with Gasteiger partial charge in [-0.15, -0.1) is 0 Å². The highest BCUT2D eigenvalue weighted by molar-refractivity contribution is 7.89. The molecule has 0 unspecified atom stereocenters. The zero-order valence-electron chi connectivity index (χ0n) is 11.7. The second-order valence-corrected chi connectivity index (χ2v) is 6.55. The van der Waals surface area contributed by atoms with Crippen LogP contribution in [0.15, 0.2) is 59.5 Å². The monoisotopic (exact) mass is 300 g/mol. The average Bonchev–Trinajstić information content (AvgIpc) is 2.73. The Morgan fingerprint density at radius 3 is 2.29 bits per heavy atom. The summed E-state index contributed by atoms with van der Waals surface area (Å²) in [5, 5.41) is 6.06. The van der Waals surface area contributed by atoms with E-state index in [0.29, 0.717) is 17.6 Å². The SMILES string of the molecule is Cc1c(S(N)(=O)=O)c2ccccc2n1Cc1ccccc1. The lowest BCUT2D eigenvalue weighted by atomic mass is 10.2. The summed E-state index contributed by atoms with van der Waals surface area (Å²) in [6.07, 6.45) is 0. The highest BCUT2D eigenvalue weighted by atomic mass is 32.2. The van der Waals surface area contributed by atoms with Gasteiger partial charge in [0, 0.05) is 23.1 Å². The van der Waals surface area contributed by atoms with Crippen LogP contribution in [0.5, 0.6) is 0 Å². The summed E-state index contributed by atoms with van der Waals surface area (Å²) in [5.41, 5.74) is 2.66. The second-order valence-electron chi connectivity index (χ2n) is 5.05. The van der Waals surface area contributed by atoms with Gasteiger partial charge >= 0.3 is 0 Å². The van der Waals surface area contributed by atoms with Crippen molar-refractivity contribution in [2.45, 2.75) is 18.4 Å². The van der Waals surface area contributed by atoms with Crippen molar-refractivity contribution >= 4 is 20.9 Å². The maximum atomic E-state index is 11.9. The number of aromatic nitrogens is 1. The molecular formula is C16H16N2O2S. The molecular weight excluding hydrogens is 284 g/mol. The maximum absolute atomic E-state index is 11.9. The predicted molar refractivity (Wildman–Crippen MR) is 83.6 cm³/mol. The summed E-state index contributed by atoms with van der Waals surface area (Å²) in [7, 11) is -3.75. The van der Waals surface area contributed by atoms with Crippen molar-refractivity contribution in [2.24, 2.45) is 5.14 Å². The quantitative estimate of drug-likeness (QED) is 0.808. The van der Waals surface area contributed by atoms with Crippen LogP contribution in [0.4, 0.5) is 0 Å². The summed E-state index contributed by atoms with van der Waals surface area (Å²) in [6, 6.07) is 17.4. The van der Waals surface area contributed by atoms with E-state index < -0.39 is 10.0 Å². The fourth-order valence-corrected chi connectivity index (χ4v) is 3.73. The van der Waals surface area contributed by atoms with Crippen molar-refractivity contribution in [1.29, 1.82) is 0 Å². The number of hydrogen-bond acceptors (Lipinski definition) is 2. The largest absolute Gasteiger partial charge is 0.339 e. The first kappa shape index (κ1) is 13.9. The van der Waals surface area contributed by atoms with E-state index in [1.54, 1.807) is 13.0 Å². The molecule has 0 atom stereocenters. The van der Waals surface area contributed by atoms with E-state index in [9.17, 15) is 8.42 Å². The van der Waals surface area contributed by atoms with Crippen LogP contribution in [-0.2, 0) is 16.6 Å². The van der Waals surface area contributed by atoms with Crippen molar-refractivity contribution < 1.29 is 8.42 Å². The van der Waals surface area contributed by atoms with Crippen LogP contribution < -0.4 is 5.14 Å². The lowest BCUT2D eigenvalue weighted by molar-refractivity contribution is 0.597. The predicted octanol–water partition coefficient (Wildman–Crippen LogP) is 2.65. The van der Waals surface area contributed by atoms with Crippen molar-refractivity contribution in [1.82, 2.24) is 4.57 Å². The molecule has 0 amide bonds. The smallest absolute Gasteiger partial charge is 0.240 e. The minimum absolute atomic E-state index is 0.217. The van der Waals surface area contributed by atoms with Gasteiger partial charge in [-0.25, -0.2) is 13.6 Å².